The minimum absolute atomic E-state index is 1.21. The molecule has 0 unspecified atom stereocenters. The lowest BCUT2D eigenvalue weighted by atomic mass is 10.0. The van der Waals surface area contributed by atoms with Gasteiger partial charge in [-0.05, 0) is 71.3 Å². The van der Waals surface area contributed by atoms with Crippen LogP contribution in [-0.4, -0.2) is 4.98 Å². The first-order chi connectivity index (χ1) is 16.8. The lowest BCUT2D eigenvalue weighted by Crippen LogP contribution is -1.87. The SMILES string of the molecule is CCCCCCCCCCCCCCCCCCCCc1ccc2[nH]c3ccc(I)cc3c2c1. The van der Waals surface area contributed by atoms with Crippen molar-refractivity contribution < 1.29 is 0 Å². The number of rotatable bonds is 19. The van der Waals surface area contributed by atoms with Crippen molar-refractivity contribution >= 4 is 44.4 Å². The number of fused-ring (bicyclic) bond motifs is 3. The van der Waals surface area contributed by atoms with Crippen LogP contribution in [0.2, 0.25) is 0 Å². The smallest absolute Gasteiger partial charge is 0.0465 e. The third-order valence-electron chi connectivity index (χ3n) is 7.44. The summed E-state index contributed by atoms with van der Waals surface area (Å²) < 4.78 is 1.31. The number of aromatic amines is 1. The fourth-order valence-corrected chi connectivity index (χ4v) is 5.79. The molecule has 0 aliphatic carbocycles. The van der Waals surface area contributed by atoms with Gasteiger partial charge in [-0.3, -0.25) is 0 Å². The summed E-state index contributed by atoms with van der Waals surface area (Å²) >= 11 is 2.41. The molecule has 0 saturated heterocycles. The first-order valence-electron chi connectivity index (χ1n) is 14.5. The predicted octanol–water partition coefficient (Wildman–Crippen LogP) is 11.5. The normalized spacial score (nSPS) is 11.7. The second-order valence-electron chi connectivity index (χ2n) is 10.5. The highest BCUT2D eigenvalue weighted by Crippen LogP contribution is 2.28. The van der Waals surface area contributed by atoms with Crippen LogP contribution in [0.25, 0.3) is 21.8 Å². The molecule has 0 aliphatic heterocycles. The molecule has 34 heavy (non-hydrogen) atoms. The lowest BCUT2D eigenvalue weighted by molar-refractivity contribution is 0.525. The molecular formula is C32H48IN. The Labute approximate surface area is 223 Å². The summed E-state index contributed by atoms with van der Waals surface area (Å²) in [7, 11) is 0. The van der Waals surface area contributed by atoms with Gasteiger partial charge in [0.15, 0.2) is 0 Å². The van der Waals surface area contributed by atoms with E-state index in [1.165, 1.54) is 153 Å². The zero-order chi connectivity index (χ0) is 23.8. The predicted molar refractivity (Wildman–Crippen MR) is 161 cm³/mol. The molecule has 1 heterocycles. The van der Waals surface area contributed by atoms with Gasteiger partial charge in [-0.15, -0.1) is 0 Å². The molecule has 1 N–H and O–H groups in total. The Hall–Kier alpha value is -1.03. The summed E-state index contributed by atoms with van der Waals surface area (Å²) in [6.07, 6.45) is 27.1. The molecule has 2 aromatic carbocycles. The zero-order valence-corrected chi connectivity index (χ0v) is 23.9. The monoisotopic (exact) mass is 573 g/mol. The Morgan fingerprint density at radius 2 is 0.971 bits per heavy atom. The van der Waals surface area contributed by atoms with E-state index >= 15 is 0 Å². The highest BCUT2D eigenvalue weighted by atomic mass is 127. The molecule has 0 bridgehead atoms. The van der Waals surface area contributed by atoms with Gasteiger partial charge in [-0.2, -0.15) is 0 Å². The van der Waals surface area contributed by atoms with Crippen molar-refractivity contribution in [2.24, 2.45) is 0 Å². The molecule has 0 atom stereocenters. The lowest BCUT2D eigenvalue weighted by Gasteiger charge is -2.04. The molecule has 0 saturated carbocycles. The Balaban J connectivity index is 1.15. The number of nitrogens with one attached hydrogen (secondary N) is 1. The Morgan fingerprint density at radius 3 is 1.50 bits per heavy atom. The third kappa shape index (κ3) is 9.91. The first kappa shape index (κ1) is 27.6. The molecule has 3 rings (SSSR count). The summed E-state index contributed by atoms with van der Waals surface area (Å²) in [6, 6.07) is 13.7. The van der Waals surface area contributed by atoms with E-state index in [-0.39, 0.29) is 0 Å². The summed E-state index contributed by atoms with van der Waals surface area (Å²) in [5.41, 5.74) is 4.00. The van der Waals surface area contributed by atoms with Crippen LogP contribution >= 0.6 is 22.6 Å². The van der Waals surface area contributed by atoms with E-state index in [9.17, 15) is 0 Å². The van der Waals surface area contributed by atoms with E-state index in [4.69, 9.17) is 0 Å². The maximum atomic E-state index is 3.56. The molecule has 0 aliphatic rings. The largest absolute Gasteiger partial charge is 0.355 e. The fraction of sp³-hybridized carbons (Fsp3) is 0.625. The highest BCUT2D eigenvalue weighted by Gasteiger charge is 2.06. The van der Waals surface area contributed by atoms with E-state index in [2.05, 4.69) is 70.9 Å². The van der Waals surface area contributed by atoms with Crippen molar-refractivity contribution in [3.05, 3.63) is 45.5 Å². The van der Waals surface area contributed by atoms with Crippen LogP contribution in [0.3, 0.4) is 0 Å². The molecule has 0 radical (unpaired) electrons. The molecule has 1 aromatic heterocycles. The summed E-state index contributed by atoms with van der Waals surface area (Å²) in [5, 5.41) is 2.75. The highest BCUT2D eigenvalue weighted by molar-refractivity contribution is 14.1. The van der Waals surface area contributed by atoms with Crippen molar-refractivity contribution in [2.45, 2.75) is 129 Å². The van der Waals surface area contributed by atoms with Crippen molar-refractivity contribution in [3.8, 4) is 0 Å². The van der Waals surface area contributed by atoms with E-state index in [0.29, 0.717) is 0 Å². The van der Waals surface area contributed by atoms with E-state index < -0.39 is 0 Å². The maximum Gasteiger partial charge on any atom is 0.0465 e. The fourth-order valence-electron chi connectivity index (χ4n) is 5.30. The topological polar surface area (TPSA) is 15.8 Å². The van der Waals surface area contributed by atoms with Gasteiger partial charge in [0.1, 0.15) is 0 Å². The standard InChI is InChI=1S/C32H48IN/c1-2-3-4-5-6-7-8-9-10-11-12-13-14-15-16-17-18-19-20-27-21-23-31-29(25-27)30-26-28(33)22-24-32(30)34-31/h21-26,34H,2-20H2,1H3. The molecule has 0 amide bonds. The number of unbranched alkanes of at least 4 members (excludes halogenated alkanes) is 17. The van der Waals surface area contributed by atoms with Gasteiger partial charge in [0.2, 0.25) is 0 Å². The second-order valence-corrected chi connectivity index (χ2v) is 11.7. The number of hydrogen-bond donors (Lipinski definition) is 1. The molecule has 2 heteroatoms. The molecule has 3 aromatic rings. The van der Waals surface area contributed by atoms with Crippen LogP contribution in [0, 0.1) is 3.57 Å². The molecule has 0 spiro atoms. The van der Waals surface area contributed by atoms with Crippen LogP contribution in [-0.2, 0) is 6.42 Å². The van der Waals surface area contributed by atoms with Crippen LogP contribution in [0.15, 0.2) is 36.4 Å². The Morgan fingerprint density at radius 1 is 0.529 bits per heavy atom. The van der Waals surface area contributed by atoms with Gasteiger partial charge >= 0.3 is 0 Å². The quantitative estimate of drug-likeness (QED) is 0.108. The van der Waals surface area contributed by atoms with E-state index in [1.54, 1.807) is 0 Å². The van der Waals surface area contributed by atoms with Gasteiger partial charge in [0.05, 0.1) is 0 Å². The van der Waals surface area contributed by atoms with E-state index in [1.807, 2.05) is 0 Å². The third-order valence-corrected chi connectivity index (χ3v) is 8.12. The minimum atomic E-state index is 1.21. The zero-order valence-electron chi connectivity index (χ0n) is 21.8. The van der Waals surface area contributed by atoms with E-state index in [0.717, 1.165) is 0 Å². The van der Waals surface area contributed by atoms with Crippen molar-refractivity contribution in [1.82, 2.24) is 4.98 Å². The van der Waals surface area contributed by atoms with Gasteiger partial charge in [0, 0.05) is 25.4 Å². The minimum Gasteiger partial charge on any atom is -0.355 e. The summed E-state index contributed by atoms with van der Waals surface area (Å²) in [5.74, 6) is 0. The number of halogens is 1. The maximum absolute atomic E-state index is 3.56. The van der Waals surface area contributed by atoms with Crippen LogP contribution in [0.1, 0.15) is 128 Å². The van der Waals surface area contributed by atoms with Gasteiger partial charge < -0.3 is 4.98 Å². The number of H-pyrrole nitrogens is 1. The Kier molecular flexibility index (Phi) is 13.5. The molecule has 0 fully saturated rings. The second kappa shape index (κ2) is 16.6. The number of aromatic nitrogens is 1. The van der Waals surface area contributed by atoms with Crippen LogP contribution in [0.4, 0.5) is 0 Å². The van der Waals surface area contributed by atoms with Crippen molar-refractivity contribution in [2.75, 3.05) is 0 Å². The average Bonchev–Trinajstić information content (AvgIpc) is 3.20. The van der Waals surface area contributed by atoms with Gasteiger partial charge in [0.25, 0.3) is 0 Å². The van der Waals surface area contributed by atoms with Crippen molar-refractivity contribution in [1.29, 1.82) is 0 Å². The molecule has 188 valence electrons. The Bertz CT molecular complexity index is 941. The number of aryl methyl sites for hydroxylation is 1. The van der Waals surface area contributed by atoms with Crippen LogP contribution < -0.4 is 0 Å². The number of hydrogen-bond acceptors (Lipinski definition) is 0. The van der Waals surface area contributed by atoms with Crippen LogP contribution in [0.5, 0.6) is 0 Å². The summed E-state index contributed by atoms with van der Waals surface area (Å²) in [4.78, 5) is 3.56. The molecule has 1 nitrogen and oxygen atoms in total. The average molecular weight is 574 g/mol. The van der Waals surface area contributed by atoms with Crippen molar-refractivity contribution in [3.63, 3.8) is 0 Å². The number of benzene rings is 2. The van der Waals surface area contributed by atoms with Gasteiger partial charge in [-0.1, -0.05) is 122 Å². The van der Waals surface area contributed by atoms with Gasteiger partial charge in [-0.25, -0.2) is 0 Å². The molecular weight excluding hydrogens is 525 g/mol. The summed E-state index contributed by atoms with van der Waals surface area (Å²) in [6.45, 7) is 2.30. The first-order valence-corrected chi connectivity index (χ1v) is 15.6.